The molecule has 0 radical (unpaired) electrons. The van der Waals surface area contributed by atoms with E-state index < -0.39 is 0 Å². The average Bonchev–Trinajstić information content (AvgIpc) is 2.98. The van der Waals surface area contributed by atoms with Crippen LogP contribution in [-0.2, 0) is 6.42 Å². The lowest BCUT2D eigenvalue weighted by molar-refractivity contribution is 0.452. The molecule has 0 spiro atoms. The van der Waals surface area contributed by atoms with Gasteiger partial charge < -0.3 is 13.9 Å². The van der Waals surface area contributed by atoms with Gasteiger partial charge in [-0.15, -0.1) is 0 Å². The molecule has 1 N–H and O–H groups in total. The molecule has 0 aliphatic rings. The Bertz CT molecular complexity index is 948. The summed E-state index contributed by atoms with van der Waals surface area (Å²) in [6, 6.07) is 5.16. The molecular weight excluding hydrogens is 340 g/mol. The van der Waals surface area contributed by atoms with Crippen LogP contribution in [0.3, 0.4) is 0 Å². The van der Waals surface area contributed by atoms with Gasteiger partial charge in [0.2, 0.25) is 0 Å². The highest BCUT2D eigenvalue weighted by Crippen LogP contribution is 2.31. The van der Waals surface area contributed by atoms with Crippen LogP contribution in [0.25, 0.3) is 21.9 Å². The number of hydrogen-bond acceptors (Lipinski definition) is 4. The van der Waals surface area contributed by atoms with Gasteiger partial charge in [0.25, 0.3) is 0 Å². The van der Waals surface area contributed by atoms with Crippen LogP contribution in [0.1, 0.15) is 76.0 Å². The third-order valence-corrected chi connectivity index (χ3v) is 5.28. The first-order chi connectivity index (χ1) is 13.1. The number of benzene rings is 1. The van der Waals surface area contributed by atoms with Crippen LogP contribution in [0.15, 0.2) is 31.8 Å². The number of phenols is 1. The Hall–Kier alpha value is -2.23. The van der Waals surface area contributed by atoms with E-state index in [1.54, 1.807) is 19.1 Å². The van der Waals surface area contributed by atoms with Crippen LogP contribution < -0.4 is 5.63 Å². The van der Waals surface area contributed by atoms with Crippen molar-refractivity contribution in [2.75, 3.05) is 0 Å². The molecule has 4 heteroatoms. The average molecular weight is 370 g/mol. The van der Waals surface area contributed by atoms with E-state index in [4.69, 9.17) is 8.83 Å². The van der Waals surface area contributed by atoms with Gasteiger partial charge in [-0.1, -0.05) is 58.3 Å². The van der Waals surface area contributed by atoms with E-state index in [0.717, 1.165) is 19.3 Å². The van der Waals surface area contributed by atoms with Crippen LogP contribution in [0.2, 0.25) is 0 Å². The van der Waals surface area contributed by atoms with Gasteiger partial charge in [-0.2, -0.15) is 0 Å². The molecule has 0 amide bonds. The normalized spacial score (nSPS) is 11.6. The maximum absolute atomic E-state index is 12.4. The molecule has 0 fully saturated rings. The van der Waals surface area contributed by atoms with Crippen molar-refractivity contribution in [1.82, 2.24) is 0 Å². The van der Waals surface area contributed by atoms with E-state index in [9.17, 15) is 9.90 Å². The molecule has 0 aliphatic carbocycles. The number of rotatable bonds is 10. The Morgan fingerprint density at radius 1 is 0.852 bits per heavy atom. The van der Waals surface area contributed by atoms with Gasteiger partial charge in [0.1, 0.15) is 28.1 Å². The van der Waals surface area contributed by atoms with Gasteiger partial charge in [0.05, 0.1) is 0 Å². The van der Waals surface area contributed by atoms with Crippen molar-refractivity contribution in [1.29, 1.82) is 0 Å². The Morgan fingerprint density at radius 3 is 2.22 bits per heavy atom. The van der Waals surface area contributed by atoms with Crippen LogP contribution in [-0.4, -0.2) is 5.11 Å². The monoisotopic (exact) mass is 370 g/mol. The van der Waals surface area contributed by atoms with Crippen molar-refractivity contribution in [3.63, 3.8) is 0 Å². The maximum atomic E-state index is 12.4. The summed E-state index contributed by atoms with van der Waals surface area (Å²) < 4.78 is 11.3. The second kappa shape index (κ2) is 9.12. The highest BCUT2D eigenvalue weighted by Gasteiger charge is 2.15. The fourth-order valence-electron chi connectivity index (χ4n) is 3.65. The first kappa shape index (κ1) is 19.5. The summed E-state index contributed by atoms with van der Waals surface area (Å²) in [5.41, 5.74) is 1.41. The predicted molar refractivity (Wildman–Crippen MR) is 110 cm³/mol. The summed E-state index contributed by atoms with van der Waals surface area (Å²) >= 11 is 0. The molecule has 3 rings (SSSR count). The Kier molecular flexibility index (Phi) is 6.59. The van der Waals surface area contributed by atoms with Gasteiger partial charge in [0, 0.05) is 23.9 Å². The van der Waals surface area contributed by atoms with Crippen molar-refractivity contribution < 1.29 is 13.9 Å². The van der Waals surface area contributed by atoms with Crippen LogP contribution in [0.5, 0.6) is 5.75 Å². The molecule has 2 aromatic heterocycles. The van der Waals surface area contributed by atoms with Gasteiger partial charge in [0.15, 0.2) is 0 Å². The van der Waals surface area contributed by atoms with Gasteiger partial charge >= 0.3 is 5.63 Å². The fraction of sp³-hybridized carbons (Fsp3) is 0.522. The van der Waals surface area contributed by atoms with E-state index in [1.165, 1.54) is 44.9 Å². The number of unbranched alkanes of at least 4 members (excludes halogenated alkanes) is 8. The van der Waals surface area contributed by atoms with E-state index in [0.29, 0.717) is 33.3 Å². The molecule has 0 atom stereocenters. The molecule has 2 heterocycles. The van der Waals surface area contributed by atoms with Crippen molar-refractivity contribution >= 4 is 21.9 Å². The molecule has 4 nitrogen and oxygen atoms in total. The van der Waals surface area contributed by atoms with Gasteiger partial charge in [-0.3, -0.25) is 0 Å². The Labute approximate surface area is 160 Å². The number of hydrogen-bond donors (Lipinski definition) is 1. The third kappa shape index (κ3) is 4.74. The minimum absolute atomic E-state index is 0.167. The number of fused-ring (bicyclic) bond motifs is 3. The van der Waals surface area contributed by atoms with Crippen LogP contribution in [0, 0.1) is 6.92 Å². The second-order valence-electron chi connectivity index (χ2n) is 7.55. The van der Waals surface area contributed by atoms with E-state index in [1.807, 2.05) is 6.07 Å². The largest absolute Gasteiger partial charge is 0.508 e. The molecule has 0 saturated heterocycles. The SMILES string of the molecule is CCCCCCCCCCCc1cc2oc3cc(O)c(C)cc3c2c(=O)o1. The molecule has 3 aromatic rings. The molecule has 146 valence electrons. The molecule has 27 heavy (non-hydrogen) atoms. The molecule has 0 aliphatic heterocycles. The lowest BCUT2D eigenvalue weighted by Gasteiger charge is -2.02. The fourth-order valence-corrected chi connectivity index (χ4v) is 3.65. The molecule has 0 bridgehead atoms. The first-order valence-electron chi connectivity index (χ1n) is 10.3. The number of aromatic hydroxyl groups is 1. The number of aryl methyl sites for hydroxylation is 2. The van der Waals surface area contributed by atoms with Crippen molar-refractivity contribution in [2.45, 2.75) is 78.1 Å². The second-order valence-corrected chi connectivity index (χ2v) is 7.55. The van der Waals surface area contributed by atoms with E-state index >= 15 is 0 Å². The topological polar surface area (TPSA) is 63.6 Å². The third-order valence-electron chi connectivity index (χ3n) is 5.28. The lowest BCUT2D eigenvalue weighted by Crippen LogP contribution is -2.01. The summed E-state index contributed by atoms with van der Waals surface area (Å²) in [4.78, 5) is 12.4. The summed E-state index contributed by atoms with van der Waals surface area (Å²) in [5.74, 6) is 0.844. The maximum Gasteiger partial charge on any atom is 0.347 e. The molecule has 0 unspecified atom stereocenters. The summed E-state index contributed by atoms with van der Waals surface area (Å²) in [5, 5.41) is 11.0. The van der Waals surface area contributed by atoms with Gasteiger partial charge in [-0.05, 0) is 25.0 Å². The van der Waals surface area contributed by atoms with Gasteiger partial charge in [-0.25, -0.2) is 4.79 Å². The van der Waals surface area contributed by atoms with Crippen molar-refractivity contribution in [3.8, 4) is 5.75 Å². The quantitative estimate of drug-likeness (QED) is 0.407. The lowest BCUT2D eigenvalue weighted by atomic mass is 10.1. The van der Waals surface area contributed by atoms with Crippen molar-refractivity contribution in [2.24, 2.45) is 0 Å². The Balaban J connectivity index is 1.58. The zero-order valence-corrected chi connectivity index (χ0v) is 16.5. The van der Waals surface area contributed by atoms with E-state index in [-0.39, 0.29) is 11.4 Å². The number of phenolic OH excluding ortho intramolecular Hbond substituents is 1. The van der Waals surface area contributed by atoms with Crippen LogP contribution in [0.4, 0.5) is 0 Å². The van der Waals surface area contributed by atoms with E-state index in [2.05, 4.69) is 6.92 Å². The minimum Gasteiger partial charge on any atom is -0.508 e. The minimum atomic E-state index is -0.359. The zero-order chi connectivity index (χ0) is 19.2. The zero-order valence-electron chi connectivity index (χ0n) is 16.5. The van der Waals surface area contributed by atoms with Crippen molar-refractivity contribution in [3.05, 3.63) is 39.9 Å². The summed E-state index contributed by atoms with van der Waals surface area (Å²) in [7, 11) is 0. The molecule has 1 aromatic carbocycles. The molecule has 0 saturated carbocycles. The smallest absolute Gasteiger partial charge is 0.347 e. The highest BCUT2D eigenvalue weighted by molar-refractivity contribution is 6.04. The summed E-state index contributed by atoms with van der Waals surface area (Å²) in [6.45, 7) is 4.04. The predicted octanol–water partition coefficient (Wildman–Crippen LogP) is 6.63. The van der Waals surface area contributed by atoms with Crippen LogP contribution >= 0.6 is 0 Å². The molecular formula is C23H30O4. The number of furan rings is 1. The summed E-state index contributed by atoms with van der Waals surface area (Å²) in [6.07, 6.45) is 12.1. The first-order valence-corrected chi connectivity index (χ1v) is 10.3. The standard InChI is InChI=1S/C23H30O4/c1-3-4-5-6-7-8-9-10-11-12-17-14-21-22(23(25)26-17)18-13-16(2)19(24)15-20(18)27-21/h13-15,24H,3-12H2,1-2H3. The Morgan fingerprint density at radius 2 is 1.52 bits per heavy atom. The highest BCUT2D eigenvalue weighted by atomic mass is 16.4.